The average Bonchev–Trinajstić information content (AvgIpc) is 3.02. The Morgan fingerprint density at radius 3 is 2.57 bits per heavy atom. The normalized spacial score (nSPS) is 16.7. The van der Waals surface area contributed by atoms with Gasteiger partial charge in [0, 0.05) is 18.6 Å². The molecule has 0 aromatic heterocycles. The van der Waals surface area contributed by atoms with Crippen LogP contribution in [0.1, 0.15) is 18.5 Å². The first kappa shape index (κ1) is 16.5. The van der Waals surface area contributed by atoms with Gasteiger partial charge >= 0.3 is 0 Å². The van der Waals surface area contributed by atoms with Crippen LogP contribution in [0.2, 0.25) is 0 Å². The van der Waals surface area contributed by atoms with Gasteiger partial charge < -0.3 is 14.8 Å². The standard InChI is InChI=1S/C15H21NO3S2/c1-3-19-12-6-4-11(5-7-12)13(10-18-2)16-14(17)15-20-8-9-21-15/h4-7,13,15H,3,8-10H2,1-2H3,(H,16,17)/t13-/m1/s1. The van der Waals surface area contributed by atoms with Crippen LogP contribution in [-0.4, -0.2) is 42.3 Å². The summed E-state index contributed by atoms with van der Waals surface area (Å²) in [4.78, 5) is 12.2. The highest BCUT2D eigenvalue weighted by Crippen LogP contribution is 2.32. The number of thioether (sulfide) groups is 2. The Morgan fingerprint density at radius 2 is 2.00 bits per heavy atom. The van der Waals surface area contributed by atoms with Crippen molar-refractivity contribution in [2.24, 2.45) is 0 Å². The Morgan fingerprint density at radius 1 is 1.33 bits per heavy atom. The number of carbonyl (C=O) groups is 1. The quantitative estimate of drug-likeness (QED) is 0.834. The third-order valence-electron chi connectivity index (χ3n) is 3.08. The molecule has 1 aromatic carbocycles. The lowest BCUT2D eigenvalue weighted by Crippen LogP contribution is -2.35. The van der Waals surface area contributed by atoms with Crippen molar-refractivity contribution in [2.75, 3.05) is 31.8 Å². The molecule has 116 valence electrons. The molecule has 1 fully saturated rings. The predicted molar refractivity (Wildman–Crippen MR) is 89.1 cm³/mol. The second kappa shape index (κ2) is 8.56. The van der Waals surface area contributed by atoms with E-state index in [0.29, 0.717) is 13.2 Å². The van der Waals surface area contributed by atoms with Crippen molar-refractivity contribution >= 4 is 29.4 Å². The van der Waals surface area contributed by atoms with Crippen molar-refractivity contribution < 1.29 is 14.3 Å². The first-order chi connectivity index (χ1) is 10.2. The van der Waals surface area contributed by atoms with E-state index in [1.165, 1.54) is 0 Å². The van der Waals surface area contributed by atoms with Crippen LogP contribution >= 0.6 is 23.5 Å². The molecule has 1 saturated heterocycles. The molecular formula is C15H21NO3S2. The van der Waals surface area contributed by atoms with Crippen molar-refractivity contribution in [3.8, 4) is 5.75 Å². The molecule has 21 heavy (non-hydrogen) atoms. The summed E-state index contributed by atoms with van der Waals surface area (Å²) in [5, 5.41) is 3.08. The van der Waals surface area contributed by atoms with Crippen LogP contribution < -0.4 is 10.1 Å². The minimum Gasteiger partial charge on any atom is -0.494 e. The Kier molecular flexibility index (Phi) is 6.73. The fourth-order valence-corrected chi connectivity index (χ4v) is 4.70. The maximum atomic E-state index is 12.2. The fourth-order valence-electron chi connectivity index (χ4n) is 2.10. The summed E-state index contributed by atoms with van der Waals surface area (Å²) in [5.41, 5.74) is 1.03. The molecule has 1 aromatic rings. The van der Waals surface area contributed by atoms with Gasteiger partial charge in [0.05, 0.1) is 19.3 Å². The molecule has 2 rings (SSSR count). The molecule has 0 saturated carbocycles. The van der Waals surface area contributed by atoms with Gasteiger partial charge in [0.1, 0.15) is 10.3 Å². The monoisotopic (exact) mass is 327 g/mol. The van der Waals surface area contributed by atoms with Crippen LogP contribution in [0.5, 0.6) is 5.75 Å². The van der Waals surface area contributed by atoms with E-state index >= 15 is 0 Å². The summed E-state index contributed by atoms with van der Waals surface area (Å²) in [6.07, 6.45) is 0. The molecule has 1 aliphatic heterocycles. The fraction of sp³-hybridized carbons (Fsp3) is 0.533. The van der Waals surface area contributed by atoms with Crippen molar-refractivity contribution in [3.63, 3.8) is 0 Å². The highest BCUT2D eigenvalue weighted by Gasteiger charge is 2.26. The van der Waals surface area contributed by atoms with Gasteiger partial charge in [-0.05, 0) is 24.6 Å². The summed E-state index contributed by atoms with van der Waals surface area (Å²) >= 11 is 3.41. The van der Waals surface area contributed by atoms with E-state index < -0.39 is 0 Å². The molecular weight excluding hydrogens is 306 g/mol. The third-order valence-corrected chi connectivity index (χ3v) is 6.07. The summed E-state index contributed by atoms with van der Waals surface area (Å²) in [6, 6.07) is 7.67. The molecule has 0 bridgehead atoms. The van der Waals surface area contributed by atoms with Crippen molar-refractivity contribution in [2.45, 2.75) is 17.5 Å². The molecule has 1 N–H and O–H groups in total. The van der Waals surface area contributed by atoms with Gasteiger partial charge in [0.25, 0.3) is 0 Å². The molecule has 1 heterocycles. The predicted octanol–water partition coefficient (Wildman–Crippen LogP) is 2.70. The van der Waals surface area contributed by atoms with Gasteiger partial charge in [-0.2, -0.15) is 0 Å². The number of hydrogen-bond acceptors (Lipinski definition) is 5. The highest BCUT2D eigenvalue weighted by molar-refractivity contribution is 8.21. The van der Waals surface area contributed by atoms with E-state index in [1.807, 2.05) is 31.2 Å². The zero-order valence-corrected chi connectivity index (χ0v) is 14.0. The van der Waals surface area contributed by atoms with Gasteiger partial charge in [-0.3, -0.25) is 4.79 Å². The second-order valence-electron chi connectivity index (χ2n) is 4.59. The zero-order chi connectivity index (χ0) is 15.1. The SMILES string of the molecule is CCOc1ccc([C@@H](COC)NC(=O)C2SCCS2)cc1. The molecule has 1 amide bonds. The Balaban J connectivity index is 2.01. The topological polar surface area (TPSA) is 47.6 Å². The molecule has 0 spiro atoms. The van der Waals surface area contributed by atoms with Gasteiger partial charge in [-0.15, -0.1) is 23.5 Å². The molecule has 4 nitrogen and oxygen atoms in total. The van der Waals surface area contributed by atoms with Crippen LogP contribution in [-0.2, 0) is 9.53 Å². The van der Waals surface area contributed by atoms with Crippen LogP contribution in [0.4, 0.5) is 0 Å². The summed E-state index contributed by atoms with van der Waals surface area (Å²) in [5.74, 6) is 3.01. The first-order valence-electron chi connectivity index (χ1n) is 7.00. The molecule has 1 atom stereocenters. The van der Waals surface area contributed by atoms with E-state index in [2.05, 4.69) is 5.32 Å². The lowest BCUT2D eigenvalue weighted by molar-refractivity contribution is -0.120. The molecule has 1 aliphatic rings. The number of carbonyl (C=O) groups excluding carboxylic acids is 1. The Hall–Kier alpha value is -0.850. The van der Waals surface area contributed by atoms with Crippen LogP contribution in [0.3, 0.4) is 0 Å². The van der Waals surface area contributed by atoms with Gasteiger partial charge in [-0.25, -0.2) is 0 Å². The van der Waals surface area contributed by atoms with E-state index in [-0.39, 0.29) is 16.5 Å². The zero-order valence-electron chi connectivity index (χ0n) is 12.3. The molecule has 0 unspecified atom stereocenters. The maximum Gasteiger partial charge on any atom is 0.243 e. The van der Waals surface area contributed by atoms with Gasteiger partial charge in [0.15, 0.2) is 0 Å². The maximum absolute atomic E-state index is 12.2. The lowest BCUT2D eigenvalue weighted by atomic mass is 10.1. The Bertz CT molecular complexity index is 447. The first-order valence-corrected chi connectivity index (χ1v) is 9.09. The van der Waals surface area contributed by atoms with E-state index in [9.17, 15) is 4.79 Å². The Labute approximate surface area is 134 Å². The smallest absolute Gasteiger partial charge is 0.243 e. The third kappa shape index (κ3) is 4.83. The summed E-state index contributed by atoms with van der Waals surface area (Å²) < 4.78 is 10.7. The number of benzene rings is 1. The number of hydrogen-bond donors (Lipinski definition) is 1. The number of methoxy groups -OCH3 is 1. The van der Waals surface area contributed by atoms with Gasteiger partial charge in [0.2, 0.25) is 5.91 Å². The summed E-state index contributed by atoms with van der Waals surface area (Å²) in [7, 11) is 1.65. The lowest BCUT2D eigenvalue weighted by Gasteiger charge is -2.20. The van der Waals surface area contributed by atoms with E-state index in [1.54, 1.807) is 30.6 Å². The highest BCUT2D eigenvalue weighted by atomic mass is 32.2. The molecule has 0 aliphatic carbocycles. The van der Waals surface area contributed by atoms with Crippen LogP contribution in [0.25, 0.3) is 0 Å². The average molecular weight is 327 g/mol. The van der Waals surface area contributed by atoms with Crippen LogP contribution in [0.15, 0.2) is 24.3 Å². The number of amides is 1. The molecule has 0 radical (unpaired) electrons. The number of rotatable bonds is 7. The second-order valence-corrected chi connectivity index (χ2v) is 7.32. The minimum atomic E-state index is -0.125. The number of ether oxygens (including phenoxy) is 2. The number of nitrogens with one attached hydrogen (secondary N) is 1. The van der Waals surface area contributed by atoms with E-state index in [4.69, 9.17) is 9.47 Å². The van der Waals surface area contributed by atoms with Crippen molar-refractivity contribution in [3.05, 3.63) is 29.8 Å². The van der Waals surface area contributed by atoms with Gasteiger partial charge in [-0.1, -0.05) is 12.1 Å². The molecule has 6 heteroatoms. The van der Waals surface area contributed by atoms with Crippen molar-refractivity contribution in [1.82, 2.24) is 5.32 Å². The minimum absolute atomic E-state index is 0.00653. The van der Waals surface area contributed by atoms with E-state index in [0.717, 1.165) is 22.8 Å². The van der Waals surface area contributed by atoms with Crippen molar-refractivity contribution in [1.29, 1.82) is 0 Å². The van der Waals surface area contributed by atoms with Crippen LogP contribution in [0, 0.1) is 0 Å². The summed E-state index contributed by atoms with van der Waals surface area (Å²) in [6.45, 7) is 3.06. The largest absolute Gasteiger partial charge is 0.494 e.